The van der Waals surface area contributed by atoms with Gasteiger partial charge in [0.15, 0.2) is 0 Å². The van der Waals surface area contributed by atoms with Crippen molar-refractivity contribution in [3.05, 3.63) is 51.9 Å². The van der Waals surface area contributed by atoms with Crippen molar-refractivity contribution in [1.82, 2.24) is 13.9 Å². The number of amides is 1. The van der Waals surface area contributed by atoms with Crippen LogP contribution in [-0.2, 0) is 27.8 Å². The summed E-state index contributed by atoms with van der Waals surface area (Å²) in [6, 6.07) is 6.79. The maximum Gasteiger partial charge on any atom is 0.271 e. The quantitative estimate of drug-likeness (QED) is 0.598. The number of carbonyl (C=O) groups is 1. The van der Waals surface area contributed by atoms with Gasteiger partial charge in [-0.05, 0) is 60.9 Å². The number of fused-ring (bicyclic) bond motifs is 2. The summed E-state index contributed by atoms with van der Waals surface area (Å²) >= 11 is 1.31. The Hall–Kier alpha value is -2.56. The van der Waals surface area contributed by atoms with Crippen molar-refractivity contribution in [2.75, 3.05) is 24.5 Å². The number of rotatable bonds is 4. The van der Waals surface area contributed by atoms with Crippen molar-refractivity contribution in [3.8, 4) is 0 Å². The van der Waals surface area contributed by atoms with Crippen molar-refractivity contribution < 1.29 is 13.2 Å². The number of hydrogen-bond donors (Lipinski definition) is 0. The highest BCUT2D eigenvalue weighted by atomic mass is 32.2. The molecule has 3 aromatic rings. The predicted octanol–water partition coefficient (Wildman–Crippen LogP) is 2.22. The van der Waals surface area contributed by atoms with E-state index in [-0.39, 0.29) is 22.9 Å². The summed E-state index contributed by atoms with van der Waals surface area (Å²) in [5.74, 6) is -0.212. The lowest BCUT2D eigenvalue weighted by atomic mass is 10.0. The van der Waals surface area contributed by atoms with Crippen LogP contribution in [0.25, 0.3) is 10.2 Å². The average Bonchev–Trinajstić information content (AvgIpc) is 3.47. The molecule has 0 spiro atoms. The van der Waals surface area contributed by atoms with Crippen molar-refractivity contribution >= 4 is 43.2 Å². The number of aromatic nitrogens is 2. The van der Waals surface area contributed by atoms with E-state index in [1.165, 1.54) is 26.5 Å². The van der Waals surface area contributed by atoms with Gasteiger partial charge in [0, 0.05) is 25.3 Å². The van der Waals surface area contributed by atoms with Crippen LogP contribution < -0.4 is 10.5 Å². The van der Waals surface area contributed by atoms with E-state index in [0.29, 0.717) is 36.3 Å². The second-order valence-corrected chi connectivity index (χ2v) is 10.7. The molecule has 1 saturated heterocycles. The molecular formula is C21H22N4O4S2. The summed E-state index contributed by atoms with van der Waals surface area (Å²) in [5.41, 5.74) is 1.97. The SMILES string of the molecule is O=C(Cn1cnc2ccsc2c1=O)N1CCCc2cc(S(=O)(=O)N3CCCC3)ccc21. The van der Waals surface area contributed by atoms with E-state index in [1.54, 1.807) is 34.5 Å². The Labute approximate surface area is 183 Å². The molecule has 5 rings (SSSR count). The molecule has 1 aromatic carbocycles. The zero-order valence-electron chi connectivity index (χ0n) is 16.9. The molecule has 162 valence electrons. The first-order valence-corrected chi connectivity index (χ1v) is 12.6. The van der Waals surface area contributed by atoms with Crippen molar-refractivity contribution in [3.63, 3.8) is 0 Å². The predicted molar refractivity (Wildman–Crippen MR) is 119 cm³/mol. The fourth-order valence-corrected chi connectivity index (χ4v) is 6.65. The van der Waals surface area contributed by atoms with Crippen LogP contribution in [-0.4, -0.2) is 47.8 Å². The Kier molecular flexibility index (Phi) is 5.15. The minimum Gasteiger partial charge on any atom is -0.311 e. The first-order valence-electron chi connectivity index (χ1n) is 10.3. The van der Waals surface area contributed by atoms with Gasteiger partial charge in [0.1, 0.15) is 11.2 Å². The fourth-order valence-electron chi connectivity index (χ4n) is 4.29. The van der Waals surface area contributed by atoms with Crippen molar-refractivity contribution in [1.29, 1.82) is 0 Å². The summed E-state index contributed by atoms with van der Waals surface area (Å²) < 4.78 is 29.2. The van der Waals surface area contributed by atoms with E-state index in [0.717, 1.165) is 30.5 Å². The van der Waals surface area contributed by atoms with Crippen LogP contribution >= 0.6 is 11.3 Å². The van der Waals surface area contributed by atoms with Gasteiger partial charge in [0.2, 0.25) is 15.9 Å². The van der Waals surface area contributed by atoms with Gasteiger partial charge in [0.25, 0.3) is 5.56 Å². The zero-order valence-corrected chi connectivity index (χ0v) is 18.5. The summed E-state index contributed by atoms with van der Waals surface area (Å²) in [6.45, 7) is 1.54. The topological polar surface area (TPSA) is 92.6 Å². The van der Waals surface area contributed by atoms with Crippen LogP contribution in [0.2, 0.25) is 0 Å². The Balaban J connectivity index is 1.42. The van der Waals surface area contributed by atoms with Gasteiger partial charge in [-0.25, -0.2) is 13.4 Å². The Morgan fingerprint density at radius 3 is 2.71 bits per heavy atom. The molecule has 4 heterocycles. The van der Waals surface area contributed by atoms with Crippen molar-refractivity contribution in [2.45, 2.75) is 37.1 Å². The summed E-state index contributed by atoms with van der Waals surface area (Å²) in [6.07, 6.45) is 4.63. The maximum absolute atomic E-state index is 13.1. The Morgan fingerprint density at radius 2 is 1.90 bits per heavy atom. The highest BCUT2D eigenvalue weighted by Gasteiger charge is 2.30. The van der Waals surface area contributed by atoms with Gasteiger partial charge >= 0.3 is 0 Å². The molecule has 2 aromatic heterocycles. The second kappa shape index (κ2) is 7.85. The molecule has 2 aliphatic heterocycles. The van der Waals surface area contributed by atoms with Crippen LogP contribution in [0.15, 0.2) is 45.7 Å². The largest absolute Gasteiger partial charge is 0.311 e. The number of sulfonamides is 1. The zero-order chi connectivity index (χ0) is 21.6. The lowest BCUT2D eigenvalue weighted by Gasteiger charge is -2.30. The third-order valence-electron chi connectivity index (χ3n) is 5.91. The van der Waals surface area contributed by atoms with E-state index >= 15 is 0 Å². The van der Waals surface area contributed by atoms with Gasteiger partial charge in [-0.1, -0.05) is 0 Å². The molecule has 0 N–H and O–H groups in total. The number of aryl methyl sites for hydroxylation is 1. The lowest BCUT2D eigenvalue weighted by Crippen LogP contribution is -2.39. The number of anilines is 1. The second-order valence-electron chi connectivity index (χ2n) is 7.86. The van der Waals surface area contributed by atoms with E-state index in [9.17, 15) is 18.0 Å². The molecule has 31 heavy (non-hydrogen) atoms. The highest BCUT2D eigenvalue weighted by molar-refractivity contribution is 7.89. The number of carbonyl (C=O) groups excluding carboxylic acids is 1. The number of benzene rings is 1. The van der Waals surface area contributed by atoms with Crippen LogP contribution in [0.4, 0.5) is 5.69 Å². The number of nitrogens with zero attached hydrogens (tertiary/aromatic N) is 4. The molecule has 8 nitrogen and oxygen atoms in total. The Morgan fingerprint density at radius 1 is 1.10 bits per heavy atom. The van der Waals surface area contributed by atoms with Crippen LogP contribution in [0.5, 0.6) is 0 Å². The van der Waals surface area contributed by atoms with Gasteiger partial charge in [-0.3, -0.25) is 14.2 Å². The van der Waals surface area contributed by atoms with E-state index in [1.807, 2.05) is 0 Å². The normalized spacial score (nSPS) is 17.2. The van der Waals surface area contributed by atoms with Crippen LogP contribution in [0.1, 0.15) is 24.8 Å². The third kappa shape index (κ3) is 3.58. The standard InChI is InChI=1S/C21H22N4O4S2/c26-19(13-23-14-22-17-7-11-30-20(17)21(23)27)25-10-3-4-15-12-16(5-6-18(15)25)31(28,29)24-8-1-2-9-24/h5-7,11-12,14H,1-4,8-10,13H2. The monoisotopic (exact) mass is 458 g/mol. The Bertz CT molecular complexity index is 1320. The molecule has 0 aliphatic carbocycles. The van der Waals surface area contributed by atoms with Gasteiger partial charge < -0.3 is 4.90 Å². The molecule has 10 heteroatoms. The summed E-state index contributed by atoms with van der Waals surface area (Å²) in [5, 5.41) is 1.81. The van der Waals surface area contributed by atoms with Gasteiger partial charge in [0.05, 0.1) is 16.7 Å². The molecule has 1 fully saturated rings. The molecular weight excluding hydrogens is 436 g/mol. The molecule has 0 bridgehead atoms. The smallest absolute Gasteiger partial charge is 0.271 e. The first-order chi connectivity index (χ1) is 14.9. The molecule has 2 aliphatic rings. The highest BCUT2D eigenvalue weighted by Crippen LogP contribution is 2.31. The first kappa shape index (κ1) is 20.3. The van der Waals surface area contributed by atoms with E-state index in [4.69, 9.17) is 0 Å². The summed E-state index contributed by atoms with van der Waals surface area (Å²) in [4.78, 5) is 31.9. The molecule has 0 radical (unpaired) electrons. The minimum absolute atomic E-state index is 0.104. The molecule has 0 atom stereocenters. The van der Waals surface area contributed by atoms with Crippen LogP contribution in [0, 0.1) is 0 Å². The summed E-state index contributed by atoms with van der Waals surface area (Å²) in [7, 11) is -3.50. The molecule has 0 saturated carbocycles. The lowest BCUT2D eigenvalue weighted by molar-refractivity contribution is -0.119. The average molecular weight is 459 g/mol. The number of thiophene rings is 1. The number of hydrogen-bond acceptors (Lipinski definition) is 6. The third-order valence-corrected chi connectivity index (χ3v) is 8.70. The van der Waals surface area contributed by atoms with E-state index < -0.39 is 10.0 Å². The van der Waals surface area contributed by atoms with Gasteiger partial charge in [-0.15, -0.1) is 11.3 Å². The molecule has 0 unspecified atom stereocenters. The fraction of sp³-hybridized carbons (Fsp3) is 0.381. The van der Waals surface area contributed by atoms with E-state index in [2.05, 4.69) is 4.98 Å². The molecule has 1 amide bonds. The van der Waals surface area contributed by atoms with Crippen molar-refractivity contribution in [2.24, 2.45) is 0 Å². The van der Waals surface area contributed by atoms with Gasteiger partial charge in [-0.2, -0.15) is 4.31 Å². The minimum atomic E-state index is -3.50. The van der Waals surface area contributed by atoms with Crippen LogP contribution in [0.3, 0.4) is 0 Å². The maximum atomic E-state index is 13.1.